The summed E-state index contributed by atoms with van der Waals surface area (Å²) < 4.78 is 5.47. The molecule has 0 aliphatic rings. The van der Waals surface area contributed by atoms with Crippen molar-refractivity contribution in [2.45, 2.75) is 66.3 Å². The molecule has 3 N–H and O–H groups in total. The maximum atomic E-state index is 12.8. The van der Waals surface area contributed by atoms with Crippen molar-refractivity contribution in [3.8, 4) is 0 Å². The summed E-state index contributed by atoms with van der Waals surface area (Å²) >= 11 is 5.23. The maximum Gasteiger partial charge on any atom is 0.233 e. The Kier molecular flexibility index (Phi) is 9.79. The van der Waals surface area contributed by atoms with Crippen LogP contribution in [0.4, 0.5) is 0 Å². The largest absolute Gasteiger partial charge is 0.392 e. The molecule has 0 heterocycles. The summed E-state index contributed by atoms with van der Waals surface area (Å²) in [5.74, 6) is 0.255. The lowest BCUT2D eigenvalue weighted by molar-refractivity contribution is -0.129. The van der Waals surface area contributed by atoms with Crippen LogP contribution in [-0.2, 0) is 9.53 Å². The number of carbonyl (C=O) groups is 1. The number of amides is 1. The van der Waals surface area contributed by atoms with E-state index < -0.39 is 5.41 Å². The van der Waals surface area contributed by atoms with E-state index in [1.54, 1.807) is 0 Å². The lowest BCUT2D eigenvalue weighted by Crippen LogP contribution is -2.53. The molecule has 0 spiro atoms. The van der Waals surface area contributed by atoms with E-state index in [1.165, 1.54) is 0 Å². The summed E-state index contributed by atoms with van der Waals surface area (Å²) in [6, 6.07) is -0.0140. The third kappa shape index (κ3) is 5.91. The predicted octanol–water partition coefficient (Wildman–Crippen LogP) is 3.04. The molecular formula is C16H32N2O2S. The second-order valence-corrected chi connectivity index (χ2v) is 6.37. The van der Waals surface area contributed by atoms with Crippen LogP contribution in [0.1, 0.15) is 60.3 Å². The Balaban J connectivity index is 5.12. The molecule has 0 aromatic heterocycles. The molecule has 0 aromatic rings. The molecule has 124 valence electrons. The first-order valence-electron chi connectivity index (χ1n) is 8.04. The molecule has 0 fully saturated rings. The molecule has 0 bridgehead atoms. The summed E-state index contributed by atoms with van der Waals surface area (Å²) in [5.41, 5.74) is 5.21. The summed E-state index contributed by atoms with van der Waals surface area (Å²) in [7, 11) is 0. The quantitative estimate of drug-likeness (QED) is 0.575. The Morgan fingerprint density at radius 1 is 1.24 bits per heavy atom. The van der Waals surface area contributed by atoms with Crippen LogP contribution in [0.25, 0.3) is 0 Å². The van der Waals surface area contributed by atoms with Gasteiger partial charge in [-0.3, -0.25) is 4.79 Å². The van der Waals surface area contributed by atoms with Crippen molar-refractivity contribution in [1.29, 1.82) is 0 Å². The highest BCUT2D eigenvalue weighted by Gasteiger charge is 2.40. The SMILES string of the molecule is CCCC(CCC)(C(=O)NC(COCC)C(C)C)C(N)=S. The summed E-state index contributed by atoms with van der Waals surface area (Å²) in [5, 5.41) is 3.11. The number of hydrogen-bond acceptors (Lipinski definition) is 3. The minimum absolute atomic E-state index is 0.0140. The van der Waals surface area contributed by atoms with E-state index in [9.17, 15) is 4.79 Å². The van der Waals surface area contributed by atoms with Gasteiger partial charge in [-0.05, 0) is 25.7 Å². The first kappa shape index (κ1) is 20.3. The predicted molar refractivity (Wildman–Crippen MR) is 92.3 cm³/mol. The van der Waals surface area contributed by atoms with E-state index in [0.29, 0.717) is 37.0 Å². The molecule has 0 aliphatic carbocycles. The van der Waals surface area contributed by atoms with Gasteiger partial charge < -0.3 is 15.8 Å². The van der Waals surface area contributed by atoms with Crippen molar-refractivity contribution in [2.75, 3.05) is 13.2 Å². The molecule has 5 heteroatoms. The highest BCUT2D eigenvalue weighted by Crippen LogP contribution is 2.31. The van der Waals surface area contributed by atoms with Crippen LogP contribution in [-0.4, -0.2) is 30.2 Å². The normalized spacial score (nSPS) is 13.2. The first-order valence-corrected chi connectivity index (χ1v) is 8.45. The average Bonchev–Trinajstić information content (AvgIpc) is 2.42. The van der Waals surface area contributed by atoms with Crippen molar-refractivity contribution < 1.29 is 9.53 Å². The zero-order chi connectivity index (χ0) is 16.5. The van der Waals surface area contributed by atoms with Crippen LogP contribution < -0.4 is 11.1 Å². The Morgan fingerprint density at radius 3 is 2.10 bits per heavy atom. The molecular weight excluding hydrogens is 284 g/mol. The number of carbonyl (C=O) groups excluding carboxylic acids is 1. The molecule has 1 amide bonds. The van der Waals surface area contributed by atoms with Gasteiger partial charge in [0.1, 0.15) is 0 Å². The molecule has 0 rings (SSSR count). The van der Waals surface area contributed by atoms with E-state index in [4.69, 9.17) is 22.7 Å². The standard InChI is InChI=1S/C16H32N2O2S/c1-6-9-16(10-7-2,14(17)21)15(19)18-13(12(4)5)11-20-8-3/h12-13H,6-11H2,1-5H3,(H2,17,21)(H,18,19). The van der Waals surface area contributed by atoms with E-state index in [1.807, 2.05) is 6.92 Å². The highest BCUT2D eigenvalue weighted by molar-refractivity contribution is 7.80. The first-order chi connectivity index (χ1) is 9.85. The lowest BCUT2D eigenvalue weighted by Gasteiger charge is -2.34. The van der Waals surface area contributed by atoms with Crippen LogP contribution >= 0.6 is 12.2 Å². The van der Waals surface area contributed by atoms with Crippen molar-refractivity contribution >= 4 is 23.1 Å². The minimum atomic E-state index is -0.724. The van der Waals surface area contributed by atoms with Gasteiger partial charge in [0.15, 0.2) is 0 Å². The third-order valence-corrected chi connectivity index (χ3v) is 4.27. The molecule has 4 nitrogen and oxygen atoms in total. The number of thiocarbonyl (C=S) groups is 1. The highest BCUT2D eigenvalue weighted by atomic mass is 32.1. The van der Waals surface area contributed by atoms with Gasteiger partial charge in [-0.2, -0.15) is 0 Å². The molecule has 0 saturated heterocycles. The third-order valence-electron chi connectivity index (χ3n) is 3.88. The lowest BCUT2D eigenvalue weighted by atomic mass is 9.77. The summed E-state index contributed by atoms with van der Waals surface area (Å²) in [6.07, 6.45) is 3.15. The van der Waals surface area contributed by atoms with Crippen molar-refractivity contribution in [3.63, 3.8) is 0 Å². The molecule has 1 unspecified atom stereocenters. The number of nitrogens with two attached hydrogens (primary N) is 1. The van der Waals surface area contributed by atoms with E-state index >= 15 is 0 Å². The van der Waals surface area contributed by atoms with E-state index in [-0.39, 0.29) is 11.9 Å². The number of rotatable bonds is 11. The van der Waals surface area contributed by atoms with Crippen molar-refractivity contribution in [3.05, 3.63) is 0 Å². The van der Waals surface area contributed by atoms with Crippen LogP contribution in [0, 0.1) is 11.3 Å². The molecule has 0 aromatic carbocycles. The van der Waals surface area contributed by atoms with Crippen LogP contribution in [0.5, 0.6) is 0 Å². The van der Waals surface area contributed by atoms with Gasteiger partial charge in [-0.1, -0.05) is 52.8 Å². The maximum absolute atomic E-state index is 12.8. The topological polar surface area (TPSA) is 64.3 Å². The fourth-order valence-electron chi connectivity index (χ4n) is 2.52. The fraction of sp³-hybridized carbons (Fsp3) is 0.875. The smallest absolute Gasteiger partial charge is 0.233 e. The molecule has 0 aliphatic heterocycles. The second-order valence-electron chi connectivity index (χ2n) is 5.93. The Morgan fingerprint density at radius 2 is 1.76 bits per heavy atom. The van der Waals surface area contributed by atoms with Crippen LogP contribution in [0.2, 0.25) is 0 Å². The number of nitrogens with one attached hydrogen (secondary N) is 1. The molecule has 0 radical (unpaired) electrons. The van der Waals surface area contributed by atoms with Gasteiger partial charge in [-0.15, -0.1) is 0 Å². The molecule has 1 atom stereocenters. The van der Waals surface area contributed by atoms with Crippen molar-refractivity contribution in [1.82, 2.24) is 5.32 Å². The Hall–Kier alpha value is -0.680. The monoisotopic (exact) mass is 316 g/mol. The van der Waals surface area contributed by atoms with Crippen LogP contribution in [0.15, 0.2) is 0 Å². The van der Waals surface area contributed by atoms with Gasteiger partial charge >= 0.3 is 0 Å². The van der Waals surface area contributed by atoms with Crippen molar-refractivity contribution in [2.24, 2.45) is 17.1 Å². The molecule has 21 heavy (non-hydrogen) atoms. The fourth-order valence-corrected chi connectivity index (χ4v) is 2.81. The van der Waals surface area contributed by atoms with Gasteiger partial charge in [0, 0.05) is 6.61 Å². The van der Waals surface area contributed by atoms with Gasteiger partial charge in [0.05, 0.1) is 23.1 Å². The Bertz CT molecular complexity index is 326. The van der Waals surface area contributed by atoms with Gasteiger partial charge in [0.2, 0.25) is 5.91 Å². The molecule has 0 saturated carbocycles. The zero-order valence-electron chi connectivity index (χ0n) is 14.2. The number of hydrogen-bond donors (Lipinski definition) is 2. The number of ether oxygens (including phenoxy) is 1. The summed E-state index contributed by atoms with van der Waals surface area (Å²) in [4.78, 5) is 13.1. The zero-order valence-corrected chi connectivity index (χ0v) is 15.0. The second kappa shape index (κ2) is 10.1. The average molecular weight is 317 g/mol. The van der Waals surface area contributed by atoms with E-state index in [0.717, 1.165) is 12.8 Å². The summed E-state index contributed by atoms with van der Waals surface area (Å²) in [6.45, 7) is 11.4. The minimum Gasteiger partial charge on any atom is -0.392 e. The van der Waals surface area contributed by atoms with Crippen LogP contribution in [0.3, 0.4) is 0 Å². The Labute approximate surface area is 135 Å². The van der Waals surface area contributed by atoms with E-state index in [2.05, 4.69) is 33.0 Å². The van der Waals surface area contributed by atoms with Gasteiger partial charge in [0.25, 0.3) is 0 Å². The van der Waals surface area contributed by atoms with Gasteiger partial charge in [-0.25, -0.2) is 0 Å².